The third-order valence-electron chi connectivity index (χ3n) is 8.27. The van der Waals surface area contributed by atoms with Gasteiger partial charge in [0, 0.05) is 37.3 Å². The number of fused-ring (bicyclic) bond motifs is 2. The van der Waals surface area contributed by atoms with Crippen LogP contribution < -0.4 is 21.5 Å². The molecule has 46 heavy (non-hydrogen) atoms. The predicted molar refractivity (Wildman–Crippen MR) is 169 cm³/mol. The number of nitrogens with one attached hydrogen (secondary N) is 1. The Labute approximate surface area is 263 Å². The Balaban J connectivity index is 1.46. The zero-order chi connectivity index (χ0) is 33.1. The Morgan fingerprint density at radius 2 is 1.89 bits per heavy atom. The van der Waals surface area contributed by atoms with Crippen molar-refractivity contribution in [1.82, 2.24) is 34.0 Å². The van der Waals surface area contributed by atoms with Gasteiger partial charge in [0.2, 0.25) is 5.95 Å². The molecule has 5 N–H and O–H groups in total. The summed E-state index contributed by atoms with van der Waals surface area (Å²) < 4.78 is 4.13. The summed E-state index contributed by atoms with van der Waals surface area (Å²) in [5.74, 6) is 5.90. The third-order valence-corrected chi connectivity index (χ3v) is 8.27. The van der Waals surface area contributed by atoms with Gasteiger partial charge in [0.1, 0.15) is 24.1 Å². The number of para-hydroxylation sites is 1. The van der Waals surface area contributed by atoms with Crippen LogP contribution in [0.4, 0.5) is 5.95 Å². The maximum Gasteiger partial charge on any atom is 0.332 e. The van der Waals surface area contributed by atoms with E-state index in [1.165, 1.54) is 4.57 Å². The van der Waals surface area contributed by atoms with Crippen molar-refractivity contribution >= 4 is 33.8 Å². The minimum absolute atomic E-state index is 0.132. The molecule has 0 radical (unpaired) electrons. The molecule has 1 aromatic carbocycles. The highest BCUT2D eigenvalue weighted by Gasteiger charge is 2.31. The van der Waals surface area contributed by atoms with Crippen molar-refractivity contribution in [3.8, 4) is 11.8 Å². The van der Waals surface area contributed by atoms with Gasteiger partial charge in [0.15, 0.2) is 16.9 Å². The first-order chi connectivity index (χ1) is 22.0. The van der Waals surface area contributed by atoms with Crippen molar-refractivity contribution in [3.63, 3.8) is 0 Å². The zero-order valence-electron chi connectivity index (χ0n) is 25.9. The summed E-state index contributed by atoms with van der Waals surface area (Å²) in [4.78, 5) is 55.8. The highest BCUT2D eigenvalue weighted by molar-refractivity contribution is 5.85. The molecule has 3 aromatic heterocycles. The van der Waals surface area contributed by atoms with Gasteiger partial charge in [-0.05, 0) is 32.8 Å². The van der Waals surface area contributed by atoms with Crippen LogP contribution in [0.5, 0.6) is 0 Å². The number of aliphatic hydroxyl groups is 4. The van der Waals surface area contributed by atoms with Crippen LogP contribution in [0, 0.1) is 18.8 Å². The van der Waals surface area contributed by atoms with Gasteiger partial charge in [-0.15, -0.1) is 5.92 Å². The molecule has 244 valence electrons. The molecule has 4 atom stereocenters. The lowest BCUT2D eigenvalue weighted by molar-refractivity contribution is -0.139. The van der Waals surface area contributed by atoms with Gasteiger partial charge >= 0.3 is 5.69 Å². The molecule has 15 heteroatoms. The number of ketones is 1. The monoisotopic (exact) mass is 634 g/mol. The SMILES string of the molecule is CC#CCn1c(N2CCCC(NCC(=O)C(O)C(O)C(O)CO)C2)nc2c1c(=O)n(Cc1nc(C)c3ccccc3n1)c(=O)n2C. The highest BCUT2D eigenvalue weighted by atomic mass is 16.4. The molecule has 4 aromatic rings. The number of benzene rings is 1. The van der Waals surface area contributed by atoms with Gasteiger partial charge in [-0.1, -0.05) is 24.1 Å². The van der Waals surface area contributed by atoms with Crippen LogP contribution >= 0.6 is 0 Å². The number of hydrogen-bond donors (Lipinski definition) is 5. The van der Waals surface area contributed by atoms with Crippen LogP contribution in [0.1, 0.15) is 31.3 Å². The molecular weight excluding hydrogens is 596 g/mol. The lowest BCUT2D eigenvalue weighted by atomic mass is 10.0. The van der Waals surface area contributed by atoms with Crippen LogP contribution in [-0.2, 0) is 24.9 Å². The molecule has 4 unspecified atom stereocenters. The normalized spacial score (nSPS) is 17.1. The van der Waals surface area contributed by atoms with Gasteiger partial charge in [-0.2, -0.15) is 4.98 Å². The number of nitrogens with zero attached hydrogens (tertiary/aromatic N) is 7. The Bertz CT molecular complexity index is 1940. The van der Waals surface area contributed by atoms with Crippen molar-refractivity contribution in [2.75, 3.05) is 31.1 Å². The van der Waals surface area contributed by atoms with Gasteiger partial charge in [0.25, 0.3) is 5.56 Å². The molecule has 15 nitrogen and oxygen atoms in total. The Morgan fingerprint density at radius 1 is 1.13 bits per heavy atom. The molecule has 0 bridgehead atoms. The van der Waals surface area contributed by atoms with E-state index in [0.717, 1.165) is 15.6 Å². The average Bonchev–Trinajstić information content (AvgIpc) is 3.46. The largest absolute Gasteiger partial charge is 0.394 e. The van der Waals surface area contributed by atoms with E-state index in [0.29, 0.717) is 43.2 Å². The van der Waals surface area contributed by atoms with Crippen molar-refractivity contribution in [3.05, 3.63) is 56.6 Å². The smallest absolute Gasteiger partial charge is 0.332 e. The number of imidazole rings is 1. The summed E-state index contributed by atoms with van der Waals surface area (Å²) in [7, 11) is 1.55. The van der Waals surface area contributed by atoms with E-state index < -0.39 is 42.0 Å². The second-order valence-corrected chi connectivity index (χ2v) is 11.4. The maximum absolute atomic E-state index is 14.0. The summed E-state index contributed by atoms with van der Waals surface area (Å²) in [6.07, 6.45) is -3.90. The topological polar surface area (TPSA) is 201 Å². The third kappa shape index (κ3) is 6.43. The predicted octanol–water partition coefficient (Wildman–Crippen LogP) is -1.58. The maximum atomic E-state index is 14.0. The van der Waals surface area contributed by atoms with E-state index in [-0.39, 0.29) is 36.8 Å². The minimum Gasteiger partial charge on any atom is -0.394 e. The van der Waals surface area contributed by atoms with E-state index >= 15 is 0 Å². The minimum atomic E-state index is -1.86. The molecule has 5 rings (SSSR count). The molecular formula is C31H38N8O7. The zero-order valence-corrected chi connectivity index (χ0v) is 25.9. The molecule has 0 amide bonds. The summed E-state index contributed by atoms with van der Waals surface area (Å²) in [6.45, 7) is 3.46. The number of carbonyl (C=O) groups is 1. The fourth-order valence-electron chi connectivity index (χ4n) is 5.74. The second-order valence-electron chi connectivity index (χ2n) is 11.4. The van der Waals surface area contributed by atoms with E-state index in [4.69, 9.17) is 10.1 Å². The lowest BCUT2D eigenvalue weighted by Gasteiger charge is -2.34. The number of aryl methyl sites for hydroxylation is 2. The average molecular weight is 635 g/mol. The molecule has 4 heterocycles. The fraction of sp³-hybridized carbons (Fsp3) is 0.484. The van der Waals surface area contributed by atoms with E-state index in [1.807, 2.05) is 36.1 Å². The first-order valence-corrected chi connectivity index (χ1v) is 15.0. The van der Waals surface area contributed by atoms with Crippen LogP contribution in [0.2, 0.25) is 0 Å². The number of aliphatic hydroxyl groups excluding tert-OH is 4. The van der Waals surface area contributed by atoms with Crippen LogP contribution in [0.25, 0.3) is 22.1 Å². The van der Waals surface area contributed by atoms with Gasteiger partial charge < -0.3 is 30.6 Å². The standard InChI is InChI=1S/C31H38N8O7/c1-4-5-13-38-25-28(35-30(38)37-12-8-9-19(15-37)32-14-22(41)26(43)27(44)23(42)17-40)36(3)31(46)39(29(25)45)16-24-33-18(2)20-10-6-7-11-21(20)34-24/h6-7,10-11,19,23,26-27,32,40,42-44H,8-9,12-17H2,1-3H3. The molecule has 1 aliphatic rings. The summed E-state index contributed by atoms with van der Waals surface area (Å²) in [6, 6.07) is 7.31. The number of anilines is 1. The number of piperidine rings is 1. The van der Waals surface area contributed by atoms with E-state index in [2.05, 4.69) is 27.1 Å². The quantitative estimate of drug-likeness (QED) is 0.119. The van der Waals surface area contributed by atoms with E-state index in [9.17, 15) is 29.7 Å². The Hall–Kier alpha value is -4.46. The first-order valence-electron chi connectivity index (χ1n) is 15.0. The molecule has 1 aliphatic heterocycles. The number of carbonyl (C=O) groups excluding carboxylic acids is 1. The van der Waals surface area contributed by atoms with Crippen LogP contribution in [-0.4, -0.2) is 105 Å². The van der Waals surface area contributed by atoms with Gasteiger partial charge in [-0.25, -0.2) is 14.8 Å². The molecule has 1 saturated heterocycles. The number of hydrogen-bond acceptors (Lipinski definition) is 12. The molecule has 0 saturated carbocycles. The van der Waals surface area contributed by atoms with Crippen LogP contribution in [0.3, 0.4) is 0 Å². The van der Waals surface area contributed by atoms with Gasteiger partial charge in [0.05, 0.1) is 31.8 Å². The number of Topliss-reactive ketones (excluding diaryl/α,β-unsaturated/α-hetero) is 1. The fourth-order valence-corrected chi connectivity index (χ4v) is 5.74. The number of rotatable bonds is 11. The van der Waals surface area contributed by atoms with Crippen molar-refractivity contribution in [2.24, 2.45) is 7.05 Å². The first kappa shape index (κ1) is 32.9. The summed E-state index contributed by atoms with van der Waals surface area (Å²) in [5, 5.41) is 42.5. The highest BCUT2D eigenvalue weighted by Crippen LogP contribution is 2.23. The van der Waals surface area contributed by atoms with Crippen molar-refractivity contribution in [1.29, 1.82) is 0 Å². The summed E-state index contributed by atoms with van der Waals surface area (Å²) in [5.41, 5.74) is 0.764. The molecule has 0 spiro atoms. The lowest BCUT2D eigenvalue weighted by Crippen LogP contribution is -2.51. The van der Waals surface area contributed by atoms with E-state index in [1.54, 1.807) is 18.5 Å². The Morgan fingerprint density at radius 3 is 2.63 bits per heavy atom. The van der Waals surface area contributed by atoms with Crippen LogP contribution in [0.15, 0.2) is 33.9 Å². The number of aromatic nitrogens is 6. The van der Waals surface area contributed by atoms with Crippen molar-refractivity contribution in [2.45, 2.75) is 64.1 Å². The molecule has 1 fully saturated rings. The van der Waals surface area contributed by atoms with Gasteiger partial charge in [-0.3, -0.25) is 23.3 Å². The van der Waals surface area contributed by atoms with Crippen molar-refractivity contribution < 1.29 is 25.2 Å². The second kappa shape index (κ2) is 13.9. The summed E-state index contributed by atoms with van der Waals surface area (Å²) >= 11 is 0. The molecule has 0 aliphatic carbocycles. The Kier molecular flexibility index (Phi) is 9.94.